The van der Waals surface area contributed by atoms with Gasteiger partial charge in [0.2, 0.25) is 0 Å². The number of carbonyl (C=O) groups is 3. The zero-order chi connectivity index (χ0) is 22.1. The fourth-order valence-corrected chi connectivity index (χ4v) is 5.30. The second-order valence-electron chi connectivity index (χ2n) is 6.55. The number of amides is 4. The minimum absolute atomic E-state index is 0.121. The van der Waals surface area contributed by atoms with Crippen molar-refractivity contribution in [2.75, 3.05) is 4.90 Å². The van der Waals surface area contributed by atoms with Gasteiger partial charge in [0.1, 0.15) is 5.57 Å². The Morgan fingerprint density at radius 1 is 1.00 bits per heavy atom. The largest absolute Gasteiger partial charge is 0.335 e. The Morgan fingerprint density at radius 2 is 1.74 bits per heavy atom. The molecule has 9 heteroatoms. The van der Waals surface area contributed by atoms with Crippen LogP contribution in [-0.2, 0) is 9.59 Å². The van der Waals surface area contributed by atoms with E-state index < -0.39 is 17.8 Å². The van der Waals surface area contributed by atoms with Crippen LogP contribution in [0.2, 0.25) is 10.0 Å². The molecule has 2 aromatic carbocycles. The van der Waals surface area contributed by atoms with Crippen molar-refractivity contribution >= 4 is 75.9 Å². The molecule has 0 aliphatic carbocycles. The van der Waals surface area contributed by atoms with E-state index in [9.17, 15) is 14.4 Å². The lowest BCUT2D eigenvalue weighted by Crippen LogP contribution is -2.54. The van der Waals surface area contributed by atoms with E-state index in [2.05, 4.69) is 5.32 Å². The molecule has 0 radical (unpaired) electrons. The molecule has 5 nitrogen and oxygen atoms in total. The molecule has 4 rings (SSSR count). The van der Waals surface area contributed by atoms with Crippen molar-refractivity contribution in [3.63, 3.8) is 0 Å². The number of nitrogens with one attached hydrogen (secondary N) is 1. The fourth-order valence-electron chi connectivity index (χ4n) is 2.94. The molecule has 0 unspecified atom stereocenters. The van der Waals surface area contributed by atoms with Gasteiger partial charge in [0.25, 0.3) is 11.8 Å². The van der Waals surface area contributed by atoms with Gasteiger partial charge in [-0.2, -0.15) is 0 Å². The van der Waals surface area contributed by atoms with Gasteiger partial charge >= 0.3 is 6.03 Å². The maximum Gasteiger partial charge on any atom is 0.335 e. The van der Waals surface area contributed by atoms with Crippen LogP contribution in [0.15, 0.2) is 69.3 Å². The van der Waals surface area contributed by atoms with Crippen molar-refractivity contribution in [1.82, 2.24) is 5.32 Å². The molecule has 1 aliphatic rings. The van der Waals surface area contributed by atoms with Gasteiger partial charge in [0.15, 0.2) is 0 Å². The summed E-state index contributed by atoms with van der Waals surface area (Å²) in [7, 11) is 0. The molecule has 2 heterocycles. The molecule has 4 amide bonds. The number of thiophene rings is 1. The molecular weight excluding hydrogens is 475 g/mol. The number of benzene rings is 2. The number of anilines is 1. The summed E-state index contributed by atoms with van der Waals surface area (Å²) in [6.07, 6.45) is 1.49. The first-order chi connectivity index (χ1) is 14.8. The molecule has 1 fully saturated rings. The molecule has 0 saturated carbocycles. The molecule has 0 atom stereocenters. The summed E-state index contributed by atoms with van der Waals surface area (Å²) in [5.41, 5.74) is 0.779. The Morgan fingerprint density at radius 3 is 2.48 bits per heavy atom. The summed E-state index contributed by atoms with van der Waals surface area (Å²) in [5, 5.41) is 3.31. The van der Waals surface area contributed by atoms with Crippen molar-refractivity contribution in [3.05, 3.63) is 80.7 Å². The highest BCUT2D eigenvalue weighted by molar-refractivity contribution is 8.01. The Balaban J connectivity index is 1.62. The normalized spacial score (nSPS) is 15.5. The third-order valence-electron chi connectivity index (χ3n) is 4.50. The lowest BCUT2D eigenvalue weighted by molar-refractivity contribution is -0.122. The highest BCUT2D eigenvalue weighted by Gasteiger charge is 2.37. The number of barbiturate groups is 1. The third kappa shape index (κ3) is 4.55. The summed E-state index contributed by atoms with van der Waals surface area (Å²) in [4.78, 5) is 40.5. The van der Waals surface area contributed by atoms with Crippen LogP contribution < -0.4 is 10.2 Å². The average Bonchev–Trinajstić information content (AvgIpc) is 3.17. The molecule has 156 valence electrons. The van der Waals surface area contributed by atoms with Crippen LogP contribution in [0.4, 0.5) is 10.5 Å². The SMILES string of the molecule is Cc1c(Cl)cccc1N1C(=O)NC(=O)/C(=C\c2ccc(Sc3ccc(Cl)cc3)s2)C1=O. The predicted octanol–water partition coefficient (Wildman–Crippen LogP) is 6.18. The van der Waals surface area contributed by atoms with Crippen molar-refractivity contribution < 1.29 is 14.4 Å². The summed E-state index contributed by atoms with van der Waals surface area (Å²) < 4.78 is 0.983. The molecular formula is C22H14Cl2N2O3S2. The minimum Gasteiger partial charge on any atom is -0.273 e. The van der Waals surface area contributed by atoms with E-state index in [-0.39, 0.29) is 5.57 Å². The first-order valence-electron chi connectivity index (χ1n) is 9.03. The van der Waals surface area contributed by atoms with E-state index in [4.69, 9.17) is 23.2 Å². The van der Waals surface area contributed by atoms with Gasteiger partial charge in [0, 0.05) is 19.8 Å². The van der Waals surface area contributed by atoms with E-state index in [1.54, 1.807) is 36.9 Å². The lowest BCUT2D eigenvalue weighted by atomic mass is 10.1. The topological polar surface area (TPSA) is 66.5 Å². The van der Waals surface area contributed by atoms with Gasteiger partial charge < -0.3 is 0 Å². The maximum absolute atomic E-state index is 13.1. The van der Waals surface area contributed by atoms with Crippen LogP contribution >= 0.6 is 46.3 Å². The first kappa shape index (κ1) is 21.6. The maximum atomic E-state index is 13.1. The second kappa shape index (κ2) is 8.88. The zero-order valence-corrected chi connectivity index (χ0v) is 19.2. The van der Waals surface area contributed by atoms with E-state index in [0.29, 0.717) is 26.2 Å². The van der Waals surface area contributed by atoms with Gasteiger partial charge in [-0.3, -0.25) is 14.9 Å². The molecule has 1 aromatic heterocycles. The van der Waals surface area contributed by atoms with Crippen LogP contribution in [-0.4, -0.2) is 17.8 Å². The molecule has 1 N–H and O–H groups in total. The van der Waals surface area contributed by atoms with Crippen molar-refractivity contribution in [1.29, 1.82) is 0 Å². The lowest BCUT2D eigenvalue weighted by Gasteiger charge is -2.27. The van der Waals surface area contributed by atoms with Gasteiger partial charge in [-0.05, 0) is 67.1 Å². The van der Waals surface area contributed by atoms with E-state index in [1.165, 1.54) is 17.4 Å². The van der Waals surface area contributed by atoms with Crippen LogP contribution in [0.5, 0.6) is 0 Å². The number of hydrogen-bond donors (Lipinski definition) is 1. The van der Waals surface area contributed by atoms with E-state index >= 15 is 0 Å². The number of halogens is 2. The number of carbonyl (C=O) groups excluding carboxylic acids is 3. The number of nitrogens with zero attached hydrogens (tertiary/aromatic N) is 1. The van der Waals surface area contributed by atoms with E-state index in [1.807, 2.05) is 36.4 Å². The summed E-state index contributed by atoms with van der Waals surface area (Å²) in [6, 6.07) is 15.3. The van der Waals surface area contributed by atoms with Gasteiger partial charge in [-0.1, -0.05) is 41.0 Å². The van der Waals surface area contributed by atoms with Gasteiger partial charge in [-0.15, -0.1) is 11.3 Å². The van der Waals surface area contributed by atoms with Gasteiger partial charge in [0.05, 0.1) is 9.90 Å². The van der Waals surface area contributed by atoms with Crippen LogP contribution in [0.3, 0.4) is 0 Å². The monoisotopic (exact) mass is 488 g/mol. The van der Waals surface area contributed by atoms with Crippen LogP contribution in [0.1, 0.15) is 10.4 Å². The van der Waals surface area contributed by atoms with E-state index in [0.717, 1.165) is 14.0 Å². The summed E-state index contributed by atoms with van der Waals surface area (Å²) in [5.74, 6) is -1.43. The molecule has 0 bridgehead atoms. The number of urea groups is 1. The average molecular weight is 489 g/mol. The second-order valence-corrected chi connectivity index (χ2v) is 9.89. The Kier molecular flexibility index (Phi) is 6.20. The van der Waals surface area contributed by atoms with Crippen LogP contribution in [0.25, 0.3) is 6.08 Å². The summed E-state index contributed by atoms with van der Waals surface area (Å²) in [6.45, 7) is 1.71. The highest BCUT2D eigenvalue weighted by atomic mass is 35.5. The number of imide groups is 2. The van der Waals surface area contributed by atoms with Crippen molar-refractivity contribution in [3.8, 4) is 0 Å². The Labute approximate surface area is 196 Å². The Hall–Kier alpha value is -2.58. The minimum atomic E-state index is -0.803. The summed E-state index contributed by atoms with van der Waals surface area (Å²) >= 11 is 15.0. The zero-order valence-electron chi connectivity index (χ0n) is 16.0. The molecule has 3 aromatic rings. The van der Waals surface area contributed by atoms with Crippen molar-refractivity contribution in [2.45, 2.75) is 16.0 Å². The first-order valence-corrected chi connectivity index (χ1v) is 11.4. The molecule has 1 saturated heterocycles. The Bertz CT molecular complexity index is 1240. The fraction of sp³-hybridized carbons (Fsp3) is 0.0455. The quantitative estimate of drug-likeness (QED) is 0.351. The molecule has 31 heavy (non-hydrogen) atoms. The third-order valence-corrected chi connectivity index (χ3v) is 7.34. The van der Waals surface area contributed by atoms with Gasteiger partial charge in [-0.25, -0.2) is 9.69 Å². The van der Waals surface area contributed by atoms with Crippen molar-refractivity contribution in [2.24, 2.45) is 0 Å². The number of hydrogen-bond acceptors (Lipinski definition) is 5. The highest BCUT2D eigenvalue weighted by Crippen LogP contribution is 2.35. The number of rotatable bonds is 4. The predicted molar refractivity (Wildman–Crippen MR) is 125 cm³/mol. The van der Waals surface area contributed by atoms with Crippen LogP contribution in [0, 0.1) is 6.92 Å². The smallest absolute Gasteiger partial charge is 0.273 e. The standard InChI is InChI=1S/C22H14Cl2N2O3S2/c1-12-17(24)3-2-4-18(12)26-21(28)16(20(27)25-22(26)29)11-15-9-10-19(31-15)30-14-7-5-13(23)6-8-14/h2-11H,1H3,(H,25,27,29)/b16-11+. The molecule has 1 aliphatic heterocycles. The molecule has 0 spiro atoms.